The fourth-order valence-corrected chi connectivity index (χ4v) is 3.59. The molecule has 4 rings (SSSR count). The summed E-state index contributed by atoms with van der Waals surface area (Å²) in [6.07, 6.45) is 2.76. The number of thiophene rings is 1. The van der Waals surface area contributed by atoms with Crippen molar-refractivity contribution in [2.75, 3.05) is 0 Å². The largest absolute Gasteiger partial charge is 0.352 e. The smallest absolute Gasteiger partial charge is 0.291 e. The minimum absolute atomic E-state index is 0.0162. The monoisotopic (exact) mass is 316 g/mol. The Hall–Kier alpha value is -2.15. The third kappa shape index (κ3) is 2.12. The molecule has 1 fully saturated rings. The van der Waals surface area contributed by atoms with Crippen LogP contribution in [0.15, 0.2) is 22.3 Å². The standard InChI is InChI=1S/C15H16N4O2S/c1-2-12-17-18(8-13(20)16-10-3-4-10)14(21)11-7-9-5-6-22-15(9)19(11)12/h5-7,10H,2-4,8H2,1H3,(H,16,20). The number of aromatic nitrogens is 3. The minimum Gasteiger partial charge on any atom is -0.352 e. The van der Waals surface area contributed by atoms with E-state index in [-0.39, 0.29) is 24.1 Å². The Morgan fingerprint density at radius 1 is 1.50 bits per heavy atom. The van der Waals surface area contributed by atoms with Gasteiger partial charge in [-0.3, -0.25) is 14.0 Å². The molecule has 0 aromatic carbocycles. The summed E-state index contributed by atoms with van der Waals surface area (Å²) < 4.78 is 3.20. The van der Waals surface area contributed by atoms with Crippen LogP contribution in [0.25, 0.3) is 15.7 Å². The third-order valence-corrected chi connectivity index (χ3v) is 4.82. The quantitative estimate of drug-likeness (QED) is 0.794. The zero-order chi connectivity index (χ0) is 15.3. The van der Waals surface area contributed by atoms with Crippen LogP contribution >= 0.6 is 11.3 Å². The second-order valence-electron chi connectivity index (χ2n) is 5.62. The van der Waals surface area contributed by atoms with Gasteiger partial charge in [-0.15, -0.1) is 11.3 Å². The number of amides is 1. The summed E-state index contributed by atoms with van der Waals surface area (Å²) in [5, 5.41) is 10.3. The minimum atomic E-state index is -0.216. The van der Waals surface area contributed by atoms with Gasteiger partial charge >= 0.3 is 0 Å². The third-order valence-electron chi connectivity index (χ3n) is 3.91. The first kappa shape index (κ1) is 13.5. The lowest BCUT2D eigenvalue weighted by Gasteiger charge is -2.09. The maximum atomic E-state index is 12.6. The van der Waals surface area contributed by atoms with Crippen LogP contribution < -0.4 is 10.9 Å². The summed E-state index contributed by atoms with van der Waals surface area (Å²) in [6, 6.07) is 4.16. The van der Waals surface area contributed by atoms with E-state index in [1.807, 2.05) is 28.8 Å². The fraction of sp³-hybridized carbons (Fsp3) is 0.400. The molecule has 6 nitrogen and oxygen atoms in total. The molecule has 3 aromatic heterocycles. The van der Waals surface area contributed by atoms with Crippen LogP contribution in [-0.2, 0) is 17.8 Å². The first-order valence-corrected chi connectivity index (χ1v) is 8.33. The zero-order valence-corrected chi connectivity index (χ0v) is 13.0. The maximum absolute atomic E-state index is 12.6. The van der Waals surface area contributed by atoms with E-state index in [0.717, 1.165) is 28.9 Å². The highest BCUT2D eigenvalue weighted by Gasteiger charge is 2.24. The SMILES string of the molecule is CCc1nn(CC(=O)NC2CC2)c(=O)c2cc3ccsc3n12. The van der Waals surface area contributed by atoms with E-state index >= 15 is 0 Å². The van der Waals surface area contributed by atoms with E-state index in [1.54, 1.807) is 11.3 Å². The van der Waals surface area contributed by atoms with E-state index in [0.29, 0.717) is 11.9 Å². The van der Waals surface area contributed by atoms with Gasteiger partial charge in [0.05, 0.1) is 0 Å². The van der Waals surface area contributed by atoms with E-state index in [2.05, 4.69) is 10.4 Å². The number of nitrogens with one attached hydrogen (secondary N) is 1. The van der Waals surface area contributed by atoms with Gasteiger partial charge in [-0.1, -0.05) is 6.92 Å². The van der Waals surface area contributed by atoms with Crippen LogP contribution in [0.2, 0.25) is 0 Å². The summed E-state index contributed by atoms with van der Waals surface area (Å²) in [6.45, 7) is 1.98. The second-order valence-corrected chi connectivity index (χ2v) is 6.52. The number of carbonyl (C=O) groups is 1. The number of rotatable bonds is 4. The van der Waals surface area contributed by atoms with Crippen LogP contribution in [-0.4, -0.2) is 26.1 Å². The summed E-state index contributed by atoms with van der Waals surface area (Å²) in [7, 11) is 0. The van der Waals surface area contributed by atoms with Crippen molar-refractivity contribution in [3.05, 3.63) is 33.7 Å². The van der Waals surface area contributed by atoms with Gasteiger partial charge in [-0.05, 0) is 30.4 Å². The van der Waals surface area contributed by atoms with Crippen LogP contribution in [0.5, 0.6) is 0 Å². The predicted molar refractivity (Wildman–Crippen MR) is 85.4 cm³/mol. The molecule has 0 atom stereocenters. The van der Waals surface area contributed by atoms with Crippen LogP contribution in [0.4, 0.5) is 0 Å². The number of hydrogen-bond acceptors (Lipinski definition) is 4. The molecule has 114 valence electrons. The first-order chi connectivity index (χ1) is 10.7. The number of nitrogens with zero attached hydrogens (tertiary/aromatic N) is 3. The summed E-state index contributed by atoms with van der Waals surface area (Å²) in [5.41, 5.74) is 0.375. The van der Waals surface area contributed by atoms with Crippen LogP contribution in [0, 0.1) is 0 Å². The van der Waals surface area contributed by atoms with Gasteiger partial charge in [0.25, 0.3) is 5.56 Å². The molecule has 0 unspecified atom stereocenters. The summed E-state index contributed by atoms with van der Waals surface area (Å²) >= 11 is 1.59. The topological polar surface area (TPSA) is 68.4 Å². The molecule has 22 heavy (non-hydrogen) atoms. The molecule has 0 saturated heterocycles. The molecular formula is C15H16N4O2S. The van der Waals surface area contributed by atoms with E-state index in [9.17, 15) is 9.59 Å². The van der Waals surface area contributed by atoms with Gasteiger partial charge < -0.3 is 5.32 Å². The highest BCUT2D eigenvalue weighted by molar-refractivity contribution is 7.16. The molecule has 1 aliphatic rings. The van der Waals surface area contributed by atoms with Crippen LogP contribution in [0.1, 0.15) is 25.6 Å². The molecule has 1 N–H and O–H groups in total. The second kappa shape index (κ2) is 4.95. The Morgan fingerprint density at radius 2 is 2.32 bits per heavy atom. The molecule has 0 radical (unpaired) electrons. The maximum Gasteiger partial charge on any atom is 0.291 e. The molecule has 7 heteroatoms. The molecule has 1 saturated carbocycles. The Kier molecular flexibility index (Phi) is 3.04. The molecule has 1 aliphatic carbocycles. The van der Waals surface area contributed by atoms with Gasteiger partial charge in [-0.25, -0.2) is 4.68 Å². The van der Waals surface area contributed by atoms with E-state index < -0.39 is 0 Å². The van der Waals surface area contributed by atoms with Gasteiger partial charge in [0.1, 0.15) is 22.7 Å². The van der Waals surface area contributed by atoms with Crippen molar-refractivity contribution >= 4 is 33.0 Å². The molecule has 0 bridgehead atoms. The van der Waals surface area contributed by atoms with Crippen molar-refractivity contribution in [2.45, 2.75) is 38.8 Å². The van der Waals surface area contributed by atoms with Gasteiger partial charge in [0.2, 0.25) is 5.91 Å². The average molecular weight is 316 g/mol. The predicted octanol–water partition coefficient (Wildman–Crippen LogP) is 1.55. The number of fused-ring (bicyclic) bond motifs is 3. The number of aryl methyl sites for hydroxylation is 1. The van der Waals surface area contributed by atoms with E-state index in [4.69, 9.17) is 0 Å². The molecule has 3 heterocycles. The molecule has 0 aliphatic heterocycles. The zero-order valence-electron chi connectivity index (χ0n) is 12.2. The molecular weight excluding hydrogens is 300 g/mol. The lowest BCUT2D eigenvalue weighted by molar-refractivity contribution is -0.122. The summed E-state index contributed by atoms with van der Waals surface area (Å²) in [4.78, 5) is 25.6. The molecule has 0 spiro atoms. The van der Waals surface area contributed by atoms with Crippen molar-refractivity contribution in [2.24, 2.45) is 0 Å². The highest BCUT2D eigenvalue weighted by Crippen LogP contribution is 2.24. The lowest BCUT2D eigenvalue weighted by atomic mass is 10.4. The van der Waals surface area contributed by atoms with Crippen molar-refractivity contribution in [3.8, 4) is 0 Å². The Labute approximate surface area is 130 Å². The Morgan fingerprint density at radius 3 is 3.05 bits per heavy atom. The van der Waals surface area contributed by atoms with Crippen molar-refractivity contribution in [1.82, 2.24) is 19.5 Å². The molecule has 3 aromatic rings. The number of carbonyl (C=O) groups excluding carboxylic acids is 1. The van der Waals surface area contributed by atoms with Crippen LogP contribution in [0.3, 0.4) is 0 Å². The molecule has 1 amide bonds. The average Bonchev–Trinajstić information content (AvgIpc) is 3.05. The Bertz CT molecular complexity index is 932. The normalized spacial score (nSPS) is 14.8. The Balaban J connectivity index is 1.83. The van der Waals surface area contributed by atoms with E-state index in [1.165, 1.54) is 4.68 Å². The highest BCUT2D eigenvalue weighted by atomic mass is 32.1. The fourth-order valence-electron chi connectivity index (χ4n) is 2.67. The first-order valence-electron chi connectivity index (χ1n) is 7.45. The van der Waals surface area contributed by atoms with Crippen molar-refractivity contribution < 1.29 is 4.79 Å². The van der Waals surface area contributed by atoms with Gasteiger partial charge in [0.15, 0.2) is 0 Å². The van der Waals surface area contributed by atoms with Crippen molar-refractivity contribution in [3.63, 3.8) is 0 Å². The summed E-state index contributed by atoms with van der Waals surface area (Å²) in [5.74, 6) is 0.656. The van der Waals surface area contributed by atoms with Gasteiger partial charge in [-0.2, -0.15) is 5.10 Å². The lowest BCUT2D eigenvalue weighted by Crippen LogP contribution is -2.36. The number of hydrogen-bond donors (Lipinski definition) is 1. The van der Waals surface area contributed by atoms with Gasteiger partial charge in [0, 0.05) is 17.8 Å². The van der Waals surface area contributed by atoms with Crippen molar-refractivity contribution in [1.29, 1.82) is 0 Å².